The van der Waals surface area contributed by atoms with Gasteiger partial charge in [0.2, 0.25) is 0 Å². The molecule has 0 heterocycles. The normalized spacial score (nSPS) is 10.7. The molecule has 0 aliphatic heterocycles. The second-order valence-corrected chi connectivity index (χ2v) is 6.63. The summed E-state index contributed by atoms with van der Waals surface area (Å²) >= 11 is 0. The van der Waals surface area contributed by atoms with Gasteiger partial charge in [-0.25, -0.2) is 0 Å². The molecule has 0 unspecified atom stereocenters. The number of ether oxygens (including phenoxy) is 1. The van der Waals surface area contributed by atoms with E-state index in [1.807, 2.05) is 24.3 Å². The van der Waals surface area contributed by atoms with Crippen LogP contribution in [0.25, 0.3) is 0 Å². The zero-order valence-electron chi connectivity index (χ0n) is 15.5. The number of hydrogen-bond donors (Lipinski definition) is 1. The molecule has 3 nitrogen and oxygen atoms in total. The van der Waals surface area contributed by atoms with Crippen LogP contribution in [0, 0.1) is 0 Å². The van der Waals surface area contributed by atoms with Gasteiger partial charge in [-0.2, -0.15) is 0 Å². The highest BCUT2D eigenvalue weighted by Gasteiger charge is 2.05. The number of carbonyl (C=O) groups is 1. The van der Waals surface area contributed by atoms with Crippen molar-refractivity contribution in [1.82, 2.24) is 5.32 Å². The average molecular weight is 339 g/mol. The summed E-state index contributed by atoms with van der Waals surface area (Å²) in [4.78, 5) is 12.1. The van der Waals surface area contributed by atoms with Gasteiger partial charge in [-0.3, -0.25) is 4.79 Å². The van der Waals surface area contributed by atoms with Gasteiger partial charge >= 0.3 is 0 Å². The third-order valence-electron chi connectivity index (χ3n) is 4.16. The van der Waals surface area contributed by atoms with Crippen molar-refractivity contribution in [3.63, 3.8) is 0 Å². The lowest BCUT2D eigenvalue weighted by atomic mass is 10.0. The summed E-state index contributed by atoms with van der Waals surface area (Å²) in [6, 6.07) is 16.1. The van der Waals surface area contributed by atoms with Crippen molar-refractivity contribution in [1.29, 1.82) is 0 Å². The third-order valence-corrected chi connectivity index (χ3v) is 4.16. The van der Waals surface area contributed by atoms with E-state index in [0.29, 0.717) is 24.6 Å². The van der Waals surface area contributed by atoms with Crippen LogP contribution in [0.2, 0.25) is 0 Å². The van der Waals surface area contributed by atoms with Crippen LogP contribution in [0.15, 0.2) is 48.5 Å². The van der Waals surface area contributed by atoms with Gasteiger partial charge in [-0.05, 0) is 60.6 Å². The van der Waals surface area contributed by atoms with E-state index in [4.69, 9.17) is 4.74 Å². The van der Waals surface area contributed by atoms with Crippen LogP contribution in [0.5, 0.6) is 5.75 Å². The number of hydrogen-bond acceptors (Lipinski definition) is 2. The number of benzene rings is 2. The number of amides is 1. The number of rotatable bonds is 9. The van der Waals surface area contributed by atoms with E-state index in [0.717, 1.165) is 25.0 Å². The molecular formula is C22H29NO2. The highest BCUT2D eigenvalue weighted by Crippen LogP contribution is 2.15. The minimum absolute atomic E-state index is 0.0304. The maximum absolute atomic E-state index is 12.1. The molecule has 134 valence electrons. The van der Waals surface area contributed by atoms with E-state index < -0.39 is 0 Å². The Labute approximate surface area is 151 Å². The summed E-state index contributed by atoms with van der Waals surface area (Å²) < 4.78 is 5.53. The zero-order valence-corrected chi connectivity index (χ0v) is 15.5. The molecule has 1 N–H and O–H groups in total. The van der Waals surface area contributed by atoms with Crippen LogP contribution in [0.4, 0.5) is 0 Å². The van der Waals surface area contributed by atoms with Gasteiger partial charge in [0.05, 0.1) is 6.61 Å². The molecule has 0 saturated carbocycles. The lowest BCUT2D eigenvalue weighted by Gasteiger charge is -2.08. The molecule has 0 atom stereocenters. The summed E-state index contributed by atoms with van der Waals surface area (Å²) in [5.41, 5.74) is 3.35. The highest BCUT2D eigenvalue weighted by molar-refractivity contribution is 5.94. The van der Waals surface area contributed by atoms with E-state index in [1.165, 1.54) is 11.1 Å². The zero-order chi connectivity index (χ0) is 18.1. The van der Waals surface area contributed by atoms with Crippen LogP contribution in [0.1, 0.15) is 61.0 Å². The van der Waals surface area contributed by atoms with E-state index >= 15 is 0 Å². The quantitative estimate of drug-likeness (QED) is 0.656. The second-order valence-electron chi connectivity index (χ2n) is 6.63. The van der Waals surface area contributed by atoms with Gasteiger partial charge < -0.3 is 10.1 Å². The van der Waals surface area contributed by atoms with Crippen molar-refractivity contribution >= 4 is 5.91 Å². The first kappa shape index (κ1) is 19.0. The third kappa shape index (κ3) is 6.26. The number of nitrogens with one attached hydrogen (secondary N) is 1. The lowest BCUT2D eigenvalue weighted by Crippen LogP contribution is -2.24. The van der Waals surface area contributed by atoms with Crippen molar-refractivity contribution in [2.24, 2.45) is 0 Å². The molecule has 0 spiro atoms. The highest BCUT2D eigenvalue weighted by atomic mass is 16.5. The first-order chi connectivity index (χ1) is 12.1. The summed E-state index contributed by atoms with van der Waals surface area (Å²) in [6.45, 7) is 7.85. The largest absolute Gasteiger partial charge is 0.494 e. The molecule has 0 radical (unpaired) electrons. The number of carbonyl (C=O) groups excluding carboxylic acids is 1. The van der Waals surface area contributed by atoms with Crippen LogP contribution < -0.4 is 10.1 Å². The Morgan fingerprint density at radius 1 is 1.04 bits per heavy atom. The van der Waals surface area contributed by atoms with Crippen molar-refractivity contribution in [3.05, 3.63) is 65.2 Å². The van der Waals surface area contributed by atoms with Gasteiger partial charge in [0.25, 0.3) is 5.91 Å². The first-order valence-corrected chi connectivity index (χ1v) is 9.20. The topological polar surface area (TPSA) is 38.3 Å². The van der Waals surface area contributed by atoms with Crippen LogP contribution in [-0.4, -0.2) is 19.1 Å². The molecule has 0 aliphatic carbocycles. The Hall–Kier alpha value is -2.29. The second kappa shape index (κ2) is 9.87. The molecule has 3 heteroatoms. The van der Waals surface area contributed by atoms with Crippen LogP contribution in [0.3, 0.4) is 0 Å². The predicted octanol–water partition coefficient (Wildman–Crippen LogP) is 4.96. The van der Waals surface area contributed by atoms with Crippen molar-refractivity contribution in [2.75, 3.05) is 13.2 Å². The monoisotopic (exact) mass is 339 g/mol. The number of aryl methyl sites for hydroxylation is 1. The average Bonchev–Trinajstić information content (AvgIpc) is 2.64. The molecule has 0 fully saturated rings. The fourth-order valence-corrected chi connectivity index (χ4v) is 2.59. The first-order valence-electron chi connectivity index (χ1n) is 9.20. The molecule has 0 bridgehead atoms. The maximum atomic E-state index is 12.1. The molecule has 1 amide bonds. The van der Waals surface area contributed by atoms with Gasteiger partial charge in [0, 0.05) is 12.1 Å². The standard InChI is InChI=1S/C22H29NO2/c1-4-16-25-21-13-11-20(12-14-21)22(24)23-15-5-6-18-7-9-19(10-8-18)17(2)3/h7-14,17H,4-6,15-16H2,1-3H3,(H,23,24). The van der Waals surface area contributed by atoms with Gasteiger partial charge in [-0.1, -0.05) is 45.0 Å². The van der Waals surface area contributed by atoms with Crippen molar-refractivity contribution in [3.8, 4) is 5.75 Å². The Morgan fingerprint density at radius 3 is 2.32 bits per heavy atom. The molecular weight excluding hydrogens is 310 g/mol. The Morgan fingerprint density at radius 2 is 1.72 bits per heavy atom. The minimum Gasteiger partial charge on any atom is -0.494 e. The maximum Gasteiger partial charge on any atom is 0.251 e. The van der Waals surface area contributed by atoms with E-state index in [-0.39, 0.29) is 5.91 Å². The molecule has 25 heavy (non-hydrogen) atoms. The lowest BCUT2D eigenvalue weighted by molar-refractivity contribution is 0.0953. The predicted molar refractivity (Wildman–Crippen MR) is 103 cm³/mol. The Bertz CT molecular complexity index is 645. The molecule has 0 aromatic heterocycles. The van der Waals surface area contributed by atoms with E-state index in [2.05, 4.69) is 50.4 Å². The van der Waals surface area contributed by atoms with E-state index in [9.17, 15) is 4.79 Å². The fraction of sp³-hybridized carbons (Fsp3) is 0.409. The summed E-state index contributed by atoms with van der Waals surface area (Å²) in [5, 5.41) is 2.98. The SMILES string of the molecule is CCCOc1ccc(C(=O)NCCCc2ccc(C(C)C)cc2)cc1. The molecule has 0 aliphatic rings. The summed E-state index contributed by atoms with van der Waals surface area (Å²) in [6.07, 6.45) is 2.88. The van der Waals surface area contributed by atoms with Crippen molar-refractivity contribution in [2.45, 2.75) is 46.0 Å². The minimum atomic E-state index is -0.0304. The van der Waals surface area contributed by atoms with Gasteiger partial charge in [0.15, 0.2) is 0 Å². The van der Waals surface area contributed by atoms with Crippen molar-refractivity contribution < 1.29 is 9.53 Å². The molecule has 2 rings (SSSR count). The summed E-state index contributed by atoms with van der Waals surface area (Å²) in [7, 11) is 0. The Balaban J connectivity index is 1.72. The molecule has 0 saturated heterocycles. The van der Waals surface area contributed by atoms with E-state index in [1.54, 1.807) is 0 Å². The molecule has 2 aromatic carbocycles. The van der Waals surface area contributed by atoms with Crippen LogP contribution in [-0.2, 0) is 6.42 Å². The van der Waals surface area contributed by atoms with Crippen LogP contribution >= 0.6 is 0 Å². The van der Waals surface area contributed by atoms with Gasteiger partial charge in [0.1, 0.15) is 5.75 Å². The van der Waals surface area contributed by atoms with Gasteiger partial charge in [-0.15, -0.1) is 0 Å². The summed E-state index contributed by atoms with van der Waals surface area (Å²) in [5.74, 6) is 1.34. The smallest absolute Gasteiger partial charge is 0.251 e. The molecule has 2 aromatic rings. The Kier molecular flexibility index (Phi) is 7.52. The fourth-order valence-electron chi connectivity index (χ4n) is 2.59.